The molecule has 2 N–H and O–H groups in total. The van der Waals surface area contributed by atoms with E-state index in [0.29, 0.717) is 31.1 Å². The summed E-state index contributed by atoms with van der Waals surface area (Å²) < 4.78 is 0. The van der Waals surface area contributed by atoms with Crippen LogP contribution in [0.15, 0.2) is 0 Å². The van der Waals surface area contributed by atoms with Crippen LogP contribution in [0, 0.1) is 11.3 Å². The molecule has 1 fully saturated rings. The largest absolute Gasteiger partial charge is 0.330 e. The molecule has 1 rings (SSSR count). The zero-order valence-corrected chi connectivity index (χ0v) is 6.68. The van der Waals surface area contributed by atoms with Crippen LogP contribution in [-0.2, 0) is 4.79 Å². The Labute approximate surface area is 61.8 Å². The summed E-state index contributed by atoms with van der Waals surface area (Å²) in [5.74, 6) is 0.925. The lowest BCUT2D eigenvalue weighted by Crippen LogP contribution is -2.47. The molecule has 0 aromatic rings. The number of rotatable bonds is 2. The minimum Gasteiger partial charge on any atom is -0.330 e. The summed E-state index contributed by atoms with van der Waals surface area (Å²) in [5, 5.41) is 0. The molecule has 0 atom stereocenters. The van der Waals surface area contributed by atoms with E-state index in [1.807, 2.05) is 0 Å². The molecule has 0 bridgehead atoms. The molecule has 2 nitrogen and oxygen atoms in total. The van der Waals surface area contributed by atoms with Crippen LogP contribution >= 0.6 is 0 Å². The molecule has 10 heavy (non-hydrogen) atoms. The van der Waals surface area contributed by atoms with Gasteiger partial charge in [-0.15, -0.1) is 0 Å². The van der Waals surface area contributed by atoms with Crippen LogP contribution in [0.5, 0.6) is 0 Å². The average molecular weight is 141 g/mol. The summed E-state index contributed by atoms with van der Waals surface area (Å²) in [5.41, 5.74) is 5.74. The van der Waals surface area contributed by atoms with Gasteiger partial charge in [0.25, 0.3) is 0 Å². The summed E-state index contributed by atoms with van der Waals surface area (Å²) in [4.78, 5) is 10.7. The van der Waals surface area contributed by atoms with Crippen LogP contribution < -0.4 is 5.73 Å². The summed E-state index contributed by atoms with van der Waals surface area (Å²) in [6.07, 6.45) is 1.42. The number of hydrogen-bond acceptors (Lipinski definition) is 2. The van der Waals surface area contributed by atoms with Gasteiger partial charge in [0.2, 0.25) is 0 Å². The van der Waals surface area contributed by atoms with Crippen molar-refractivity contribution in [3.8, 4) is 0 Å². The first kappa shape index (κ1) is 7.73. The molecule has 1 aliphatic carbocycles. The van der Waals surface area contributed by atoms with Gasteiger partial charge in [-0.2, -0.15) is 0 Å². The van der Waals surface area contributed by atoms with Gasteiger partial charge in [-0.1, -0.05) is 13.8 Å². The zero-order chi connectivity index (χ0) is 7.78. The van der Waals surface area contributed by atoms with E-state index in [2.05, 4.69) is 13.8 Å². The van der Waals surface area contributed by atoms with Gasteiger partial charge >= 0.3 is 0 Å². The molecule has 2 heteroatoms. The van der Waals surface area contributed by atoms with Crippen molar-refractivity contribution in [2.75, 3.05) is 6.54 Å². The number of Topliss-reactive ketones (excluding diaryl/α,β-unsaturated/α-hetero) is 1. The van der Waals surface area contributed by atoms with Crippen LogP contribution in [0.2, 0.25) is 0 Å². The van der Waals surface area contributed by atoms with E-state index < -0.39 is 0 Å². The Hall–Kier alpha value is -0.370. The molecule has 0 heterocycles. The highest BCUT2D eigenvalue weighted by Gasteiger charge is 2.44. The summed E-state index contributed by atoms with van der Waals surface area (Å²) in [7, 11) is 0. The summed E-state index contributed by atoms with van der Waals surface area (Å²) in [6, 6.07) is 0. The van der Waals surface area contributed by atoms with Crippen molar-refractivity contribution in [2.24, 2.45) is 17.1 Å². The van der Waals surface area contributed by atoms with E-state index in [0.717, 1.165) is 0 Å². The fraction of sp³-hybridized carbons (Fsp3) is 0.875. The molecule has 0 radical (unpaired) electrons. The van der Waals surface area contributed by atoms with Gasteiger partial charge in [0.1, 0.15) is 5.78 Å². The Morgan fingerprint density at radius 3 is 2.20 bits per heavy atom. The van der Waals surface area contributed by atoms with E-state index in [9.17, 15) is 4.79 Å². The smallest absolute Gasteiger partial charge is 0.134 e. The van der Waals surface area contributed by atoms with Gasteiger partial charge in [0.05, 0.1) is 0 Å². The normalized spacial score (nSPS) is 23.0. The van der Waals surface area contributed by atoms with Crippen molar-refractivity contribution < 1.29 is 4.79 Å². The van der Waals surface area contributed by atoms with Crippen molar-refractivity contribution in [3.05, 3.63) is 0 Å². The maximum atomic E-state index is 10.7. The van der Waals surface area contributed by atoms with Crippen LogP contribution in [0.25, 0.3) is 0 Å². The molecule has 0 aliphatic heterocycles. The minimum atomic E-state index is 0.164. The second kappa shape index (κ2) is 2.35. The fourth-order valence-corrected chi connectivity index (χ4v) is 1.52. The molecular formula is C8H15NO. The van der Waals surface area contributed by atoms with Gasteiger partial charge < -0.3 is 5.73 Å². The third-order valence-electron chi connectivity index (χ3n) is 2.73. The monoisotopic (exact) mass is 141 g/mol. The topological polar surface area (TPSA) is 43.1 Å². The first-order valence-electron chi connectivity index (χ1n) is 3.82. The van der Waals surface area contributed by atoms with Gasteiger partial charge in [0.15, 0.2) is 0 Å². The van der Waals surface area contributed by atoms with E-state index in [4.69, 9.17) is 5.73 Å². The standard InChI is InChI=1S/C8H15NO/c1-6(2)8(5-9)3-7(10)4-8/h6H,3-5,9H2,1-2H3. The fourth-order valence-electron chi connectivity index (χ4n) is 1.52. The van der Waals surface area contributed by atoms with Crippen molar-refractivity contribution in [3.63, 3.8) is 0 Å². The minimum absolute atomic E-state index is 0.164. The highest BCUT2D eigenvalue weighted by atomic mass is 16.1. The first-order chi connectivity index (χ1) is 4.60. The first-order valence-corrected chi connectivity index (χ1v) is 3.82. The van der Waals surface area contributed by atoms with Crippen LogP contribution in [-0.4, -0.2) is 12.3 Å². The Morgan fingerprint density at radius 2 is 2.10 bits per heavy atom. The average Bonchev–Trinajstić information content (AvgIpc) is 1.79. The second-order valence-electron chi connectivity index (χ2n) is 3.61. The van der Waals surface area contributed by atoms with E-state index in [-0.39, 0.29) is 5.41 Å². The van der Waals surface area contributed by atoms with Crippen LogP contribution in [0.3, 0.4) is 0 Å². The number of ketones is 1. The summed E-state index contributed by atoms with van der Waals surface area (Å²) in [6.45, 7) is 4.94. The molecule has 0 saturated heterocycles. The van der Waals surface area contributed by atoms with Crippen molar-refractivity contribution in [1.82, 2.24) is 0 Å². The number of carbonyl (C=O) groups is 1. The maximum absolute atomic E-state index is 10.7. The zero-order valence-electron chi connectivity index (χ0n) is 6.68. The molecule has 1 aliphatic rings. The molecule has 1 saturated carbocycles. The molecule has 58 valence electrons. The summed E-state index contributed by atoms with van der Waals surface area (Å²) >= 11 is 0. The number of nitrogens with two attached hydrogens (primary N) is 1. The molecule has 0 amide bonds. The lowest BCUT2D eigenvalue weighted by molar-refractivity contribution is -0.134. The number of carbonyl (C=O) groups excluding carboxylic acids is 1. The molecule has 0 aromatic carbocycles. The third-order valence-corrected chi connectivity index (χ3v) is 2.73. The third kappa shape index (κ3) is 0.966. The van der Waals surface area contributed by atoms with Gasteiger partial charge in [-0.3, -0.25) is 4.79 Å². The quantitative estimate of drug-likeness (QED) is 0.622. The highest BCUT2D eigenvalue weighted by Crippen LogP contribution is 2.43. The predicted octanol–water partition coefficient (Wildman–Crippen LogP) is 0.950. The molecule has 0 aromatic heterocycles. The van der Waals surface area contributed by atoms with Crippen molar-refractivity contribution >= 4 is 5.78 Å². The van der Waals surface area contributed by atoms with Crippen LogP contribution in [0.4, 0.5) is 0 Å². The van der Waals surface area contributed by atoms with Gasteiger partial charge in [0, 0.05) is 12.8 Å². The molecule has 0 unspecified atom stereocenters. The van der Waals surface area contributed by atoms with Gasteiger partial charge in [-0.05, 0) is 17.9 Å². The SMILES string of the molecule is CC(C)C1(CN)CC(=O)C1. The highest BCUT2D eigenvalue weighted by molar-refractivity contribution is 5.86. The van der Waals surface area contributed by atoms with Crippen LogP contribution in [0.1, 0.15) is 26.7 Å². The molecular weight excluding hydrogens is 126 g/mol. The predicted molar refractivity (Wildman–Crippen MR) is 40.6 cm³/mol. The van der Waals surface area contributed by atoms with Crippen molar-refractivity contribution in [1.29, 1.82) is 0 Å². The van der Waals surface area contributed by atoms with Gasteiger partial charge in [-0.25, -0.2) is 0 Å². The van der Waals surface area contributed by atoms with E-state index in [1.165, 1.54) is 0 Å². The Kier molecular flexibility index (Phi) is 1.82. The lowest BCUT2D eigenvalue weighted by atomic mass is 9.61. The lowest BCUT2D eigenvalue weighted by Gasteiger charge is -2.43. The Balaban J connectivity index is 2.56. The second-order valence-corrected chi connectivity index (χ2v) is 3.61. The Morgan fingerprint density at radius 1 is 1.60 bits per heavy atom. The Bertz CT molecular complexity index is 143. The van der Waals surface area contributed by atoms with E-state index in [1.54, 1.807) is 0 Å². The van der Waals surface area contributed by atoms with E-state index >= 15 is 0 Å². The maximum Gasteiger partial charge on any atom is 0.134 e. The van der Waals surface area contributed by atoms with Crippen molar-refractivity contribution in [2.45, 2.75) is 26.7 Å². The number of hydrogen-bond donors (Lipinski definition) is 1. The molecule has 0 spiro atoms.